The zero-order chi connectivity index (χ0) is 12.3. The molecular weight excluding hydrogens is 218 g/mol. The van der Waals surface area contributed by atoms with Gasteiger partial charge >= 0.3 is 0 Å². The van der Waals surface area contributed by atoms with E-state index in [1.54, 1.807) is 0 Å². The van der Waals surface area contributed by atoms with Gasteiger partial charge in [-0.1, -0.05) is 0 Å². The van der Waals surface area contributed by atoms with Gasteiger partial charge in [-0.2, -0.15) is 0 Å². The van der Waals surface area contributed by atoms with Gasteiger partial charge in [0.05, 0.1) is 6.10 Å². The largest absolute Gasteiger partial charge is 0.392 e. The lowest BCUT2D eigenvalue weighted by molar-refractivity contribution is -0.134. The smallest absolute Gasteiger partial charge is 0.225 e. The maximum absolute atomic E-state index is 11.8. The fourth-order valence-corrected chi connectivity index (χ4v) is 2.32. The number of nitrogens with two attached hydrogens (primary N) is 1. The standard InChI is InChI=1S/C12H23N3O2/c13-4-3-11(16)9-14-5-7-15(8-6-14)12(17)10-1-2-10/h10-11,16H,1-9,13H2. The lowest BCUT2D eigenvalue weighted by atomic mass is 10.2. The van der Waals surface area contributed by atoms with E-state index in [4.69, 9.17) is 5.73 Å². The number of hydrogen-bond donors (Lipinski definition) is 2. The topological polar surface area (TPSA) is 69.8 Å². The Bertz CT molecular complexity index is 260. The van der Waals surface area contributed by atoms with Crippen LogP contribution in [0.2, 0.25) is 0 Å². The number of aliphatic hydroxyl groups is 1. The summed E-state index contributed by atoms with van der Waals surface area (Å²) >= 11 is 0. The number of hydrogen-bond acceptors (Lipinski definition) is 4. The minimum Gasteiger partial charge on any atom is -0.392 e. The van der Waals surface area contributed by atoms with Crippen LogP contribution in [0.25, 0.3) is 0 Å². The van der Waals surface area contributed by atoms with Crippen LogP contribution in [0.1, 0.15) is 19.3 Å². The van der Waals surface area contributed by atoms with Crippen LogP contribution < -0.4 is 5.73 Å². The predicted molar refractivity (Wildman–Crippen MR) is 65.4 cm³/mol. The van der Waals surface area contributed by atoms with Gasteiger partial charge in [-0.15, -0.1) is 0 Å². The molecule has 1 saturated carbocycles. The molecule has 0 spiro atoms. The van der Waals surface area contributed by atoms with Crippen LogP contribution in [-0.4, -0.2) is 66.2 Å². The van der Waals surface area contributed by atoms with Crippen LogP contribution in [0.5, 0.6) is 0 Å². The molecule has 5 nitrogen and oxygen atoms in total. The Kier molecular flexibility index (Phi) is 4.36. The molecule has 1 unspecified atom stereocenters. The molecule has 1 amide bonds. The summed E-state index contributed by atoms with van der Waals surface area (Å²) in [6.45, 7) is 4.58. The fraction of sp³-hybridized carbons (Fsp3) is 0.917. The molecule has 1 saturated heterocycles. The van der Waals surface area contributed by atoms with E-state index >= 15 is 0 Å². The Balaban J connectivity index is 1.68. The number of nitrogens with zero attached hydrogens (tertiary/aromatic N) is 2. The second-order valence-corrected chi connectivity index (χ2v) is 5.13. The van der Waals surface area contributed by atoms with E-state index in [1.165, 1.54) is 0 Å². The summed E-state index contributed by atoms with van der Waals surface area (Å²) in [5.74, 6) is 0.663. The Morgan fingerprint density at radius 1 is 1.29 bits per heavy atom. The molecule has 0 aromatic rings. The average Bonchev–Trinajstić information content (AvgIpc) is 3.13. The molecule has 3 N–H and O–H groups in total. The van der Waals surface area contributed by atoms with Crippen molar-refractivity contribution in [1.29, 1.82) is 0 Å². The van der Waals surface area contributed by atoms with E-state index in [2.05, 4.69) is 4.90 Å². The third-order valence-electron chi connectivity index (χ3n) is 3.58. The summed E-state index contributed by atoms with van der Waals surface area (Å²) in [5.41, 5.74) is 5.41. The van der Waals surface area contributed by atoms with Crippen LogP contribution in [0.3, 0.4) is 0 Å². The highest BCUT2D eigenvalue weighted by Gasteiger charge is 2.34. The molecule has 2 aliphatic rings. The van der Waals surface area contributed by atoms with Gasteiger partial charge in [-0.3, -0.25) is 9.69 Å². The van der Waals surface area contributed by atoms with Crippen molar-refractivity contribution in [3.63, 3.8) is 0 Å². The number of piperazine rings is 1. The van der Waals surface area contributed by atoms with Crippen LogP contribution in [-0.2, 0) is 4.79 Å². The number of carbonyl (C=O) groups is 1. The Morgan fingerprint density at radius 3 is 2.47 bits per heavy atom. The molecule has 0 aromatic heterocycles. The highest BCUT2D eigenvalue weighted by molar-refractivity contribution is 5.81. The summed E-state index contributed by atoms with van der Waals surface area (Å²) < 4.78 is 0. The number of rotatable bonds is 5. The summed E-state index contributed by atoms with van der Waals surface area (Å²) in [6, 6.07) is 0. The van der Waals surface area contributed by atoms with Crippen LogP contribution in [0.15, 0.2) is 0 Å². The van der Waals surface area contributed by atoms with Gasteiger partial charge in [-0.05, 0) is 25.8 Å². The minimum atomic E-state index is -0.328. The van der Waals surface area contributed by atoms with Gasteiger partial charge in [0.15, 0.2) is 0 Å². The van der Waals surface area contributed by atoms with Crippen molar-refractivity contribution in [2.24, 2.45) is 11.7 Å². The Hall–Kier alpha value is -0.650. The van der Waals surface area contributed by atoms with Gasteiger partial charge in [0.25, 0.3) is 0 Å². The predicted octanol–water partition coefficient (Wildman–Crippen LogP) is -0.750. The first-order chi connectivity index (χ1) is 8.20. The third kappa shape index (κ3) is 3.66. The van der Waals surface area contributed by atoms with E-state index < -0.39 is 0 Å². The van der Waals surface area contributed by atoms with Crippen molar-refractivity contribution in [1.82, 2.24) is 9.80 Å². The average molecular weight is 241 g/mol. The molecule has 17 heavy (non-hydrogen) atoms. The number of aliphatic hydroxyl groups excluding tert-OH is 1. The van der Waals surface area contributed by atoms with Crippen molar-refractivity contribution in [3.8, 4) is 0 Å². The van der Waals surface area contributed by atoms with Crippen molar-refractivity contribution in [2.75, 3.05) is 39.3 Å². The van der Waals surface area contributed by atoms with E-state index in [0.29, 0.717) is 31.3 Å². The molecular formula is C12H23N3O2. The Morgan fingerprint density at radius 2 is 1.94 bits per heavy atom. The summed E-state index contributed by atoms with van der Waals surface area (Å²) in [5, 5.41) is 9.67. The Labute approximate surface area is 103 Å². The quantitative estimate of drug-likeness (QED) is 0.664. The zero-order valence-electron chi connectivity index (χ0n) is 10.3. The van der Waals surface area contributed by atoms with Crippen molar-refractivity contribution in [3.05, 3.63) is 0 Å². The molecule has 0 radical (unpaired) electrons. The molecule has 0 aromatic carbocycles. The minimum absolute atomic E-state index is 0.324. The second kappa shape index (κ2) is 5.80. The summed E-state index contributed by atoms with van der Waals surface area (Å²) in [6.07, 6.45) is 2.48. The molecule has 0 bridgehead atoms. The SMILES string of the molecule is NCCC(O)CN1CCN(C(=O)C2CC2)CC1. The zero-order valence-corrected chi connectivity index (χ0v) is 10.3. The number of amides is 1. The molecule has 1 aliphatic heterocycles. The normalized spacial score (nSPS) is 23.8. The fourth-order valence-electron chi connectivity index (χ4n) is 2.32. The molecule has 1 aliphatic carbocycles. The van der Waals surface area contributed by atoms with Crippen LogP contribution in [0, 0.1) is 5.92 Å². The lowest BCUT2D eigenvalue weighted by Crippen LogP contribution is -2.50. The number of β-amino-alcohol motifs (C(OH)–C–C–N with tert-alkyl or cyclic N) is 1. The summed E-state index contributed by atoms with van der Waals surface area (Å²) in [7, 11) is 0. The maximum atomic E-state index is 11.8. The van der Waals surface area contributed by atoms with Gasteiger partial charge in [0, 0.05) is 38.6 Å². The van der Waals surface area contributed by atoms with Gasteiger partial charge in [-0.25, -0.2) is 0 Å². The van der Waals surface area contributed by atoms with E-state index in [-0.39, 0.29) is 6.10 Å². The second-order valence-electron chi connectivity index (χ2n) is 5.13. The van der Waals surface area contributed by atoms with Gasteiger partial charge < -0.3 is 15.7 Å². The van der Waals surface area contributed by atoms with Crippen molar-refractivity contribution in [2.45, 2.75) is 25.4 Å². The molecule has 1 heterocycles. The molecule has 5 heteroatoms. The first-order valence-electron chi connectivity index (χ1n) is 6.60. The lowest BCUT2D eigenvalue weighted by Gasteiger charge is -2.35. The van der Waals surface area contributed by atoms with Crippen LogP contribution in [0.4, 0.5) is 0 Å². The van der Waals surface area contributed by atoms with E-state index in [0.717, 1.165) is 39.0 Å². The number of carbonyl (C=O) groups excluding carboxylic acids is 1. The van der Waals surface area contributed by atoms with Crippen molar-refractivity contribution >= 4 is 5.91 Å². The third-order valence-corrected chi connectivity index (χ3v) is 3.58. The monoisotopic (exact) mass is 241 g/mol. The first kappa shape index (κ1) is 12.8. The molecule has 2 rings (SSSR count). The van der Waals surface area contributed by atoms with Gasteiger partial charge in [0.2, 0.25) is 5.91 Å². The first-order valence-corrected chi connectivity index (χ1v) is 6.60. The summed E-state index contributed by atoms with van der Waals surface area (Å²) in [4.78, 5) is 16.0. The highest BCUT2D eigenvalue weighted by Crippen LogP contribution is 2.31. The maximum Gasteiger partial charge on any atom is 0.225 e. The molecule has 1 atom stereocenters. The van der Waals surface area contributed by atoms with E-state index in [9.17, 15) is 9.90 Å². The van der Waals surface area contributed by atoms with Crippen molar-refractivity contribution < 1.29 is 9.90 Å². The van der Waals surface area contributed by atoms with E-state index in [1.807, 2.05) is 4.90 Å². The van der Waals surface area contributed by atoms with Crippen LogP contribution >= 0.6 is 0 Å². The molecule has 2 fully saturated rings. The highest BCUT2D eigenvalue weighted by atomic mass is 16.3. The molecule has 98 valence electrons. The van der Waals surface area contributed by atoms with Gasteiger partial charge in [0.1, 0.15) is 0 Å².